The summed E-state index contributed by atoms with van der Waals surface area (Å²) in [4.78, 5) is 0. The molecular weight excluding hydrogens is 509 g/mol. The second-order valence-corrected chi connectivity index (χ2v) is 9.91. The van der Waals surface area contributed by atoms with Crippen LogP contribution in [0, 0.1) is 13.8 Å². The molecule has 2 aromatic heterocycles. The summed E-state index contributed by atoms with van der Waals surface area (Å²) >= 11 is 0. The highest BCUT2D eigenvalue weighted by Crippen LogP contribution is 2.39. The van der Waals surface area contributed by atoms with Crippen molar-refractivity contribution < 1.29 is 39.7 Å². The van der Waals surface area contributed by atoms with E-state index in [2.05, 4.69) is 4.18 Å². The van der Waals surface area contributed by atoms with Crippen LogP contribution < -0.4 is 4.18 Å². The van der Waals surface area contributed by atoms with Crippen LogP contribution >= 0.6 is 0 Å². The third kappa shape index (κ3) is 4.23. The van der Waals surface area contributed by atoms with Crippen molar-refractivity contribution in [3.63, 3.8) is 0 Å². The highest BCUT2D eigenvalue weighted by molar-refractivity contribution is 7.88. The van der Waals surface area contributed by atoms with E-state index in [1.807, 2.05) is 31.2 Å². The Bertz CT molecular complexity index is 1900. The Labute approximate surface area is 208 Å². The van der Waals surface area contributed by atoms with Gasteiger partial charge in [-0.1, -0.05) is 48.5 Å². The van der Waals surface area contributed by atoms with Crippen LogP contribution in [0.5, 0.6) is 11.5 Å². The van der Waals surface area contributed by atoms with Gasteiger partial charge in [0.05, 0.1) is 10.8 Å². The van der Waals surface area contributed by atoms with Gasteiger partial charge in [0.1, 0.15) is 28.1 Å². The average Bonchev–Trinajstić information content (AvgIpc) is 3.40. The van der Waals surface area contributed by atoms with E-state index in [4.69, 9.17) is 8.83 Å². The fourth-order valence-corrected chi connectivity index (χ4v) is 4.63. The van der Waals surface area contributed by atoms with Gasteiger partial charge in [-0.25, -0.2) is 0 Å². The molecule has 0 saturated carbocycles. The molecule has 0 unspecified atom stereocenters. The number of benzene rings is 4. The smallest absolute Gasteiger partial charge is 0.507 e. The van der Waals surface area contributed by atoms with Crippen LogP contribution in [0.15, 0.2) is 81.6 Å². The molecule has 0 fully saturated rings. The van der Waals surface area contributed by atoms with Gasteiger partial charge in [-0.15, -0.1) is 0 Å². The Balaban J connectivity index is 0.000000162. The SMILES string of the molecule is Cc1cccc2c1oc1cccc(O)c12.Cc1cccc2c1oc1cccc(OS(=O)(=O)C(F)(F)F)c12. The predicted molar refractivity (Wildman–Crippen MR) is 134 cm³/mol. The van der Waals surface area contributed by atoms with Crippen molar-refractivity contribution in [3.05, 3.63) is 83.9 Å². The third-order valence-electron chi connectivity index (χ3n) is 5.86. The van der Waals surface area contributed by atoms with Crippen molar-refractivity contribution in [1.82, 2.24) is 0 Å². The van der Waals surface area contributed by atoms with Crippen LogP contribution in [0.3, 0.4) is 0 Å². The molecule has 190 valence electrons. The molecule has 0 radical (unpaired) electrons. The van der Waals surface area contributed by atoms with Gasteiger partial charge in [-0.2, -0.15) is 21.6 Å². The van der Waals surface area contributed by atoms with Gasteiger partial charge in [-0.05, 0) is 49.2 Å². The quantitative estimate of drug-likeness (QED) is 0.183. The highest BCUT2D eigenvalue weighted by Gasteiger charge is 2.48. The van der Waals surface area contributed by atoms with E-state index < -0.39 is 21.4 Å². The van der Waals surface area contributed by atoms with Crippen molar-refractivity contribution in [2.45, 2.75) is 19.4 Å². The zero-order chi connectivity index (χ0) is 26.5. The maximum atomic E-state index is 12.5. The summed E-state index contributed by atoms with van der Waals surface area (Å²) in [5, 5.41) is 12.2. The first-order valence-corrected chi connectivity index (χ1v) is 12.4. The second-order valence-electron chi connectivity index (χ2n) is 8.37. The lowest BCUT2D eigenvalue weighted by atomic mass is 10.1. The lowest BCUT2D eigenvalue weighted by molar-refractivity contribution is -0.0499. The normalized spacial score (nSPS) is 12.2. The first-order valence-electron chi connectivity index (χ1n) is 11.0. The Kier molecular flexibility index (Phi) is 5.79. The summed E-state index contributed by atoms with van der Waals surface area (Å²) in [6.45, 7) is 3.78. The maximum absolute atomic E-state index is 12.5. The number of fused-ring (bicyclic) bond motifs is 6. The summed E-state index contributed by atoms with van der Waals surface area (Å²) < 4.78 is 75.4. The van der Waals surface area contributed by atoms with Crippen molar-refractivity contribution in [1.29, 1.82) is 0 Å². The molecule has 0 spiro atoms. The minimum atomic E-state index is -5.74. The zero-order valence-corrected chi connectivity index (χ0v) is 20.3. The van der Waals surface area contributed by atoms with Crippen LogP contribution in [-0.2, 0) is 10.1 Å². The number of para-hydroxylation sites is 2. The summed E-state index contributed by atoms with van der Waals surface area (Å²) in [5.41, 5.74) is -1.32. The number of furan rings is 2. The molecule has 1 N–H and O–H groups in total. The first kappa shape index (κ1) is 24.5. The maximum Gasteiger partial charge on any atom is 0.534 e. The molecule has 0 saturated heterocycles. The molecule has 2 heterocycles. The Hall–Kier alpha value is -4.18. The summed E-state index contributed by atoms with van der Waals surface area (Å²) in [6.07, 6.45) is 0. The first-order chi connectivity index (χ1) is 17.5. The van der Waals surface area contributed by atoms with E-state index in [9.17, 15) is 26.7 Å². The predicted octanol–water partition coefficient (Wildman–Crippen LogP) is 7.72. The fourth-order valence-electron chi connectivity index (χ4n) is 4.16. The van der Waals surface area contributed by atoms with Crippen LogP contribution in [0.2, 0.25) is 0 Å². The van der Waals surface area contributed by atoms with Gasteiger partial charge >= 0.3 is 15.6 Å². The Morgan fingerprint density at radius 2 is 1.22 bits per heavy atom. The van der Waals surface area contributed by atoms with E-state index in [0.29, 0.717) is 11.0 Å². The van der Waals surface area contributed by atoms with E-state index in [-0.39, 0.29) is 16.7 Å². The van der Waals surface area contributed by atoms with Crippen molar-refractivity contribution in [3.8, 4) is 11.5 Å². The number of phenolic OH excluding ortho intramolecular Hbond substituents is 1. The van der Waals surface area contributed by atoms with E-state index in [1.165, 1.54) is 12.1 Å². The highest BCUT2D eigenvalue weighted by atomic mass is 32.2. The molecule has 6 rings (SSSR count). The van der Waals surface area contributed by atoms with E-state index in [0.717, 1.165) is 39.1 Å². The van der Waals surface area contributed by atoms with E-state index >= 15 is 0 Å². The van der Waals surface area contributed by atoms with Crippen molar-refractivity contribution in [2.24, 2.45) is 0 Å². The number of phenols is 1. The molecule has 6 nitrogen and oxygen atoms in total. The fraction of sp³-hybridized carbons (Fsp3) is 0.111. The van der Waals surface area contributed by atoms with Crippen molar-refractivity contribution in [2.75, 3.05) is 0 Å². The monoisotopic (exact) mass is 528 g/mol. The molecule has 37 heavy (non-hydrogen) atoms. The van der Waals surface area contributed by atoms with Gasteiger partial charge in [0, 0.05) is 10.8 Å². The number of aromatic hydroxyl groups is 1. The lowest BCUT2D eigenvalue weighted by Crippen LogP contribution is -2.28. The second kappa shape index (κ2) is 8.74. The lowest BCUT2D eigenvalue weighted by Gasteiger charge is -2.09. The minimum absolute atomic E-state index is 0.189. The number of halogens is 3. The van der Waals surface area contributed by atoms with Gasteiger partial charge in [0.25, 0.3) is 0 Å². The van der Waals surface area contributed by atoms with Gasteiger partial charge in [0.15, 0.2) is 5.75 Å². The Morgan fingerprint density at radius 3 is 1.78 bits per heavy atom. The average molecular weight is 529 g/mol. The Morgan fingerprint density at radius 1 is 0.730 bits per heavy atom. The van der Waals surface area contributed by atoms with Crippen LogP contribution in [0.1, 0.15) is 11.1 Å². The molecule has 0 aliphatic rings. The molecule has 0 aliphatic heterocycles. The standard InChI is InChI=1S/C14H9F3O4S.C13H10O2/c1-8-4-2-5-9-12-10(20-13(8)9)6-3-7-11(12)21-22(18,19)14(15,16)17;1-8-4-2-5-9-12-10(14)6-3-7-11(12)15-13(8)9/h2-7H,1H3;2-7,14H,1H3. The summed E-state index contributed by atoms with van der Waals surface area (Å²) in [5.74, 6) is -0.143. The van der Waals surface area contributed by atoms with Crippen LogP contribution in [0.4, 0.5) is 13.2 Å². The van der Waals surface area contributed by atoms with Crippen molar-refractivity contribution >= 4 is 54.0 Å². The number of hydrogen-bond acceptors (Lipinski definition) is 6. The molecule has 0 amide bonds. The number of aryl methyl sites for hydroxylation is 2. The number of rotatable bonds is 2. The van der Waals surface area contributed by atoms with Gasteiger partial charge in [-0.3, -0.25) is 0 Å². The van der Waals surface area contributed by atoms with Gasteiger partial charge < -0.3 is 18.1 Å². The number of alkyl halides is 3. The molecule has 0 atom stereocenters. The summed E-state index contributed by atoms with van der Waals surface area (Å²) in [7, 11) is -5.74. The molecular formula is C27H19F3O6S. The third-order valence-corrected chi connectivity index (χ3v) is 6.83. The van der Waals surface area contributed by atoms with Crippen LogP contribution in [0.25, 0.3) is 43.9 Å². The largest absolute Gasteiger partial charge is 0.534 e. The topological polar surface area (TPSA) is 89.9 Å². The molecule has 6 aromatic rings. The molecule has 4 aromatic carbocycles. The summed E-state index contributed by atoms with van der Waals surface area (Å²) in [6, 6.07) is 20.4. The zero-order valence-electron chi connectivity index (χ0n) is 19.5. The number of hydrogen-bond donors (Lipinski definition) is 1. The van der Waals surface area contributed by atoms with Crippen LogP contribution in [-0.4, -0.2) is 19.0 Å². The molecule has 10 heteroatoms. The van der Waals surface area contributed by atoms with E-state index in [1.54, 1.807) is 37.3 Å². The van der Waals surface area contributed by atoms with Gasteiger partial charge in [0.2, 0.25) is 0 Å². The molecule has 0 bridgehead atoms. The molecule has 0 aliphatic carbocycles. The minimum Gasteiger partial charge on any atom is -0.507 e.